The van der Waals surface area contributed by atoms with Gasteiger partial charge in [0.2, 0.25) is 0 Å². The van der Waals surface area contributed by atoms with Crippen LogP contribution in [0.25, 0.3) is 0 Å². The van der Waals surface area contributed by atoms with Crippen LogP contribution in [0.2, 0.25) is 5.02 Å². The van der Waals surface area contributed by atoms with E-state index in [9.17, 15) is 4.79 Å². The minimum atomic E-state index is -0.437. The Hall–Kier alpha value is -1.68. The second kappa shape index (κ2) is 6.02. The molecular formula is C11H12ClNO3. The molecule has 0 aliphatic heterocycles. The van der Waals surface area contributed by atoms with Crippen LogP contribution in [0, 0.1) is 0 Å². The molecule has 0 saturated carbocycles. The van der Waals surface area contributed by atoms with Gasteiger partial charge in [0.1, 0.15) is 5.75 Å². The first-order valence-electron chi connectivity index (χ1n) is 4.52. The van der Waals surface area contributed by atoms with E-state index < -0.39 is 5.97 Å². The Balaban J connectivity index is 2.76. The van der Waals surface area contributed by atoms with Crippen molar-refractivity contribution in [1.29, 1.82) is 0 Å². The molecule has 0 aromatic heterocycles. The normalized spacial score (nSPS) is 10.2. The van der Waals surface area contributed by atoms with E-state index in [1.165, 1.54) is 19.4 Å². The number of carbonyl (C=O) groups is 1. The average molecular weight is 242 g/mol. The maximum absolute atomic E-state index is 10.8. The number of methoxy groups -OCH3 is 2. The molecule has 0 unspecified atom stereocenters. The fourth-order valence-electron chi connectivity index (χ4n) is 1.06. The van der Waals surface area contributed by atoms with E-state index in [4.69, 9.17) is 16.3 Å². The summed E-state index contributed by atoms with van der Waals surface area (Å²) in [6, 6.07) is 5.15. The lowest BCUT2D eigenvalue weighted by molar-refractivity contribution is -0.134. The molecule has 86 valence electrons. The molecule has 0 fully saturated rings. The van der Waals surface area contributed by atoms with Crippen LogP contribution in [0.3, 0.4) is 0 Å². The SMILES string of the molecule is COC(=O)/C=C/Nc1cc(Cl)ccc1OC. The predicted octanol–water partition coefficient (Wildman–Crippen LogP) is 2.45. The molecule has 1 aromatic rings. The van der Waals surface area contributed by atoms with E-state index in [0.29, 0.717) is 16.5 Å². The van der Waals surface area contributed by atoms with Gasteiger partial charge in [0.05, 0.1) is 19.9 Å². The number of hydrogen-bond donors (Lipinski definition) is 1. The van der Waals surface area contributed by atoms with Crippen molar-refractivity contribution in [2.24, 2.45) is 0 Å². The summed E-state index contributed by atoms with van der Waals surface area (Å²) in [5, 5.41) is 3.46. The quantitative estimate of drug-likeness (QED) is 0.650. The van der Waals surface area contributed by atoms with Crippen LogP contribution in [0.4, 0.5) is 5.69 Å². The summed E-state index contributed by atoms with van der Waals surface area (Å²) < 4.78 is 9.56. The summed E-state index contributed by atoms with van der Waals surface area (Å²) in [4.78, 5) is 10.8. The van der Waals surface area contributed by atoms with Gasteiger partial charge in [0.15, 0.2) is 0 Å². The van der Waals surface area contributed by atoms with Crippen molar-refractivity contribution in [3.63, 3.8) is 0 Å². The summed E-state index contributed by atoms with van der Waals surface area (Å²) in [6.07, 6.45) is 2.72. The van der Waals surface area contributed by atoms with Gasteiger partial charge >= 0.3 is 5.97 Å². The van der Waals surface area contributed by atoms with Crippen LogP contribution in [-0.4, -0.2) is 20.2 Å². The Morgan fingerprint density at radius 2 is 2.19 bits per heavy atom. The smallest absolute Gasteiger partial charge is 0.331 e. The number of hydrogen-bond acceptors (Lipinski definition) is 4. The standard InChI is InChI=1S/C11H12ClNO3/c1-15-10-4-3-8(12)7-9(10)13-6-5-11(14)16-2/h3-7,13H,1-2H3/b6-5+. The number of benzene rings is 1. The third kappa shape index (κ3) is 3.47. The van der Waals surface area contributed by atoms with Gasteiger partial charge in [-0.15, -0.1) is 0 Å². The predicted molar refractivity (Wildman–Crippen MR) is 62.8 cm³/mol. The van der Waals surface area contributed by atoms with Crippen LogP contribution in [-0.2, 0) is 9.53 Å². The van der Waals surface area contributed by atoms with Crippen LogP contribution in [0.5, 0.6) is 5.75 Å². The number of anilines is 1. The number of nitrogens with one attached hydrogen (secondary N) is 1. The van der Waals surface area contributed by atoms with Gasteiger partial charge in [0, 0.05) is 17.3 Å². The molecule has 16 heavy (non-hydrogen) atoms. The summed E-state index contributed by atoms with van der Waals surface area (Å²) in [5.41, 5.74) is 0.676. The molecule has 0 atom stereocenters. The highest BCUT2D eigenvalue weighted by Crippen LogP contribution is 2.27. The maximum Gasteiger partial charge on any atom is 0.331 e. The van der Waals surface area contributed by atoms with Crippen LogP contribution < -0.4 is 10.1 Å². The zero-order valence-electron chi connectivity index (χ0n) is 8.99. The Kier molecular flexibility index (Phi) is 4.66. The van der Waals surface area contributed by atoms with Crippen molar-refractivity contribution in [1.82, 2.24) is 0 Å². The summed E-state index contributed by atoms with van der Waals surface area (Å²) in [6.45, 7) is 0. The Morgan fingerprint density at radius 1 is 1.44 bits per heavy atom. The lowest BCUT2D eigenvalue weighted by Crippen LogP contribution is -1.97. The first-order valence-corrected chi connectivity index (χ1v) is 4.89. The fraction of sp³-hybridized carbons (Fsp3) is 0.182. The van der Waals surface area contributed by atoms with Crippen LogP contribution >= 0.6 is 11.6 Å². The Morgan fingerprint density at radius 3 is 2.81 bits per heavy atom. The van der Waals surface area contributed by atoms with Crippen LogP contribution in [0.1, 0.15) is 0 Å². The second-order valence-corrected chi connectivity index (χ2v) is 3.28. The molecule has 4 nitrogen and oxygen atoms in total. The molecule has 0 aliphatic carbocycles. The van der Waals surface area contributed by atoms with Crippen molar-refractivity contribution in [2.45, 2.75) is 0 Å². The topological polar surface area (TPSA) is 47.6 Å². The summed E-state index contributed by atoms with van der Waals surface area (Å²) in [7, 11) is 2.87. The molecule has 0 saturated heterocycles. The molecular weight excluding hydrogens is 230 g/mol. The third-order valence-corrected chi connectivity index (χ3v) is 2.06. The molecule has 0 aliphatic rings. The van der Waals surface area contributed by atoms with Gasteiger partial charge in [-0.25, -0.2) is 4.79 Å². The van der Waals surface area contributed by atoms with Crippen molar-refractivity contribution < 1.29 is 14.3 Å². The first kappa shape index (κ1) is 12.4. The van der Waals surface area contributed by atoms with Crippen molar-refractivity contribution in [2.75, 3.05) is 19.5 Å². The minimum absolute atomic E-state index is 0.437. The molecule has 0 spiro atoms. The highest BCUT2D eigenvalue weighted by atomic mass is 35.5. The molecule has 1 N–H and O–H groups in total. The van der Waals surface area contributed by atoms with E-state index in [1.807, 2.05) is 0 Å². The largest absolute Gasteiger partial charge is 0.495 e. The first-order chi connectivity index (χ1) is 7.67. The van der Waals surface area contributed by atoms with Gasteiger partial charge in [-0.05, 0) is 18.2 Å². The molecule has 0 amide bonds. The monoisotopic (exact) mass is 241 g/mol. The van der Waals surface area contributed by atoms with E-state index in [1.54, 1.807) is 25.3 Å². The fourth-order valence-corrected chi connectivity index (χ4v) is 1.23. The molecule has 0 radical (unpaired) electrons. The molecule has 5 heteroatoms. The maximum atomic E-state index is 10.8. The van der Waals surface area contributed by atoms with E-state index >= 15 is 0 Å². The minimum Gasteiger partial charge on any atom is -0.495 e. The van der Waals surface area contributed by atoms with Gasteiger partial charge in [-0.3, -0.25) is 0 Å². The van der Waals surface area contributed by atoms with Gasteiger partial charge in [-0.2, -0.15) is 0 Å². The van der Waals surface area contributed by atoms with Gasteiger partial charge in [0.25, 0.3) is 0 Å². The number of rotatable bonds is 4. The molecule has 0 bridgehead atoms. The lowest BCUT2D eigenvalue weighted by atomic mass is 10.3. The average Bonchev–Trinajstić information content (AvgIpc) is 2.29. The zero-order chi connectivity index (χ0) is 12.0. The third-order valence-electron chi connectivity index (χ3n) is 1.82. The van der Waals surface area contributed by atoms with Gasteiger partial charge < -0.3 is 14.8 Å². The summed E-state index contributed by atoms with van der Waals surface area (Å²) in [5.74, 6) is 0.201. The van der Waals surface area contributed by atoms with Gasteiger partial charge in [-0.1, -0.05) is 11.6 Å². The molecule has 0 heterocycles. The lowest BCUT2D eigenvalue weighted by Gasteiger charge is -2.07. The molecule has 1 aromatic carbocycles. The van der Waals surface area contributed by atoms with E-state index in [0.717, 1.165) is 0 Å². The van der Waals surface area contributed by atoms with Crippen LogP contribution in [0.15, 0.2) is 30.5 Å². The number of carbonyl (C=O) groups excluding carboxylic acids is 1. The van der Waals surface area contributed by atoms with Crippen molar-refractivity contribution in [3.05, 3.63) is 35.5 Å². The van der Waals surface area contributed by atoms with E-state index in [-0.39, 0.29) is 0 Å². The summed E-state index contributed by atoms with van der Waals surface area (Å²) >= 11 is 5.83. The molecule has 1 rings (SSSR count). The van der Waals surface area contributed by atoms with Crippen molar-refractivity contribution >= 4 is 23.3 Å². The van der Waals surface area contributed by atoms with Crippen molar-refractivity contribution in [3.8, 4) is 5.75 Å². The second-order valence-electron chi connectivity index (χ2n) is 2.85. The Labute approximate surface area is 98.8 Å². The number of ether oxygens (including phenoxy) is 2. The Bertz CT molecular complexity index is 404. The zero-order valence-corrected chi connectivity index (χ0v) is 9.75. The highest BCUT2D eigenvalue weighted by Gasteiger charge is 2.01. The van der Waals surface area contributed by atoms with E-state index in [2.05, 4.69) is 10.1 Å². The number of esters is 1. The highest BCUT2D eigenvalue weighted by molar-refractivity contribution is 6.30. The number of halogens is 1.